The van der Waals surface area contributed by atoms with E-state index < -0.39 is 0 Å². The van der Waals surface area contributed by atoms with E-state index in [1.165, 1.54) is 5.56 Å². The summed E-state index contributed by atoms with van der Waals surface area (Å²) in [6.07, 6.45) is 3.16. The van der Waals surface area contributed by atoms with E-state index >= 15 is 0 Å². The molecule has 1 unspecified atom stereocenters. The molecule has 2 aromatic carbocycles. The molecular weight excluding hydrogens is 434 g/mol. The summed E-state index contributed by atoms with van der Waals surface area (Å²) in [5.41, 5.74) is 3.00. The molecule has 5 rings (SSSR count). The number of ether oxygens (including phenoxy) is 4. The van der Waals surface area contributed by atoms with Gasteiger partial charge in [0.05, 0.1) is 31.1 Å². The van der Waals surface area contributed by atoms with Gasteiger partial charge in [0, 0.05) is 18.0 Å². The Kier molecular flexibility index (Phi) is 6.40. The van der Waals surface area contributed by atoms with Gasteiger partial charge >= 0.3 is 6.09 Å². The second-order valence-corrected chi connectivity index (χ2v) is 8.67. The van der Waals surface area contributed by atoms with Crippen molar-refractivity contribution >= 4 is 22.7 Å². The number of hydrogen-bond donors (Lipinski definition) is 0. The summed E-state index contributed by atoms with van der Waals surface area (Å²) in [6, 6.07) is 13.8. The lowest BCUT2D eigenvalue weighted by molar-refractivity contribution is 0.117. The lowest BCUT2D eigenvalue weighted by Crippen LogP contribution is -2.33. The molecule has 1 aromatic heterocycles. The fourth-order valence-corrected chi connectivity index (χ4v) is 4.53. The van der Waals surface area contributed by atoms with Crippen LogP contribution in [0, 0.1) is 0 Å². The van der Waals surface area contributed by atoms with Crippen LogP contribution in [0.3, 0.4) is 0 Å². The molecule has 0 bridgehead atoms. The van der Waals surface area contributed by atoms with E-state index in [1.54, 1.807) is 18.2 Å². The van der Waals surface area contributed by atoms with Crippen molar-refractivity contribution < 1.29 is 23.7 Å². The Morgan fingerprint density at radius 2 is 2.00 bits per heavy atom. The number of rotatable bonds is 8. The van der Waals surface area contributed by atoms with Crippen molar-refractivity contribution in [2.24, 2.45) is 0 Å². The van der Waals surface area contributed by atoms with Gasteiger partial charge in [-0.3, -0.25) is 9.88 Å². The Hall–Kier alpha value is -3.52. The van der Waals surface area contributed by atoms with E-state index in [0.717, 1.165) is 41.7 Å². The highest BCUT2D eigenvalue weighted by Gasteiger charge is 2.33. The second-order valence-electron chi connectivity index (χ2n) is 8.67. The standard InChI is InChI=1S/C26H29N3O5/c1-28(10-4-6-18-5-3-7-23-22(18)14-20(31-2)15-27-23)16-21-17-29(26(30)34-21)19-8-9-24-25(13-19)33-12-11-32-24/h3,5,7-9,13-15,21H,4,6,10-12,16-17H2,1-2H3. The first kappa shape index (κ1) is 22.3. The molecule has 3 heterocycles. The molecule has 1 amide bonds. The van der Waals surface area contributed by atoms with Crippen LogP contribution in [0.4, 0.5) is 10.5 Å². The van der Waals surface area contributed by atoms with Gasteiger partial charge < -0.3 is 23.8 Å². The third-order valence-electron chi connectivity index (χ3n) is 6.24. The Morgan fingerprint density at radius 3 is 2.85 bits per heavy atom. The molecule has 1 atom stereocenters. The first-order chi connectivity index (χ1) is 16.6. The summed E-state index contributed by atoms with van der Waals surface area (Å²) in [5.74, 6) is 2.14. The van der Waals surface area contributed by atoms with Crippen LogP contribution in [0.5, 0.6) is 17.2 Å². The summed E-state index contributed by atoms with van der Waals surface area (Å²) >= 11 is 0. The van der Waals surface area contributed by atoms with E-state index in [4.69, 9.17) is 18.9 Å². The van der Waals surface area contributed by atoms with Crippen LogP contribution >= 0.6 is 0 Å². The zero-order valence-corrected chi connectivity index (χ0v) is 19.5. The van der Waals surface area contributed by atoms with Crippen LogP contribution in [0.1, 0.15) is 12.0 Å². The molecule has 8 nitrogen and oxygen atoms in total. The van der Waals surface area contributed by atoms with Gasteiger partial charge in [-0.1, -0.05) is 12.1 Å². The summed E-state index contributed by atoms with van der Waals surface area (Å²) in [5, 5.41) is 1.13. The molecule has 178 valence electrons. The molecule has 3 aromatic rings. The van der Waals surface area contributed by atoms with Gasteiger partial charge in [-0.2, -0.15) is 0 Å². The average Bonchev–Trinajstić information content (AvgIpc) is 3.23. The van der Waals surface area contributed by atoms with Gasteiger partial charge in [0.15, 0.2) is 11.5 Å². The van der Waals surface area contributed by atoms with Crippen molar-refractivity contribution in [1.82, 2.24) is 9.88 Å². The largest absolute Gasteiger partial charge is 0.495 e. The lowest BCUT2D eigenvalue weighted by Gasteiger charge is -2.21. The molecule has 34 heavy (non-hydrogen) atoms. The van der Waals surface area contributed by atoms with Crippen LogP contribution in [0.2, 0.25) is 0 Å². The minimum atomic E-state index is -0.327. The molecule has 2 aliphatic rings. The monoisotopic (exact) mass is 463 g/mol. The number of methoxy groups -OCH3 is 1. The van der Waals surface area contributed by atoms with E-state index in [0.29, 0.717) is 37.8 Å². The number of benzene rings is 2. The molecule has 0 aliphatic carbocycles. The molecule has 1 fully saturated rings. The van der Waals surface area contributed by atoms with Crippen molar-refractivity contribution in [1.29, 1.82) is 0 Å². The van der Waals surface area contributed by atoms with Crippen molar-refractivity contribution in [3.63, 3.8) is 0 Å². The molecule has 8 heteroatoms. The summed E-state index contributed by atoms with van der Waals surface area (Å²) < 4.78 is 22.2. The number of carbonyl (C=O) groups excluding carboxylic acids is 1. The smallest absolute Gasteiger partial charge is 0.414 e. The van der Waals surface area contributed by atoms with Crippen LogP contribution in [-0.2, 0) is 11.2 Å². The summed E-state index contributed by atoms with van der Waals surface area (Å²) in [7, 11) is 3.72. The number of fused-ring (bicyclic) bond motifs is 2. The predicted molar refractivity (Wildman–Crippen MR) is 129 cm³/mol. The van der Waals surface area contributed by atoms with Gasteiger partial charge in [0.2, 0.25) is 0 Å². The first-order valence-corrected chi connectivity index (χ1v) is 11.6. The molecule has 0 saturated carbocycles. The SMILES string of the molecule is COc1cnc2cccc(CCCN(C)CC3CN(c4ccc5c(c4)OCCO5)C(=O)O3)c2c1. The van der Waals surface area contributed by atoms with E-state index in [1.807, 2.05) is 36.4 Å². The van der Waals surface area contributed by atoms with Gasteiger partial charge in [0.1, 0.15) is 25.1 Å². The van der Waals surface area contributed by atoms with Gasteiger partial charge in [-0.25, -0.2) is 4.79 Å². The third-order valence-corrected chi connectivity index (χ3v) is 6.24. The van der Waals surface area contributed by atoms with Crippen molar-refractivity contribution in [3.8, 4) is 17.2 Å². The van der Waals surface area contributed by atoms with Crippen LogP contribution in [-0.4, -0.2) is 69.1 Å². The summed E-state index contributed by atoms with van der Waals surface area (Å²) in [6.45, 7) is 3.14. The number of amides is 1. The first-order valence-electron chi connectivity index (χ1n) is 11.6. The number of hydrogen-bond acceptors (Lipinski definition) is 7. The highest BCUT2D eigenvalue weighted by Crippen LogP contribution is 2.35. The minimum Gasteiger partial charge on any atom is -0.495 e. The average molecular weight is 464 g/mol. The highest BCUT2D eigenvalue weighted by atomic mass is 16.6. The Morgan fingerprint density at radius 1 is 1.15 bits per heavy atom. The molecule has 0 radical (unpaired) electrons. The Balaban J connectivity index is 1.15. The van der Waals surface area contributed by atoms with Crippen molar-refractivity contribution in [3.05, 3.63) is 54.2 Å². The number of aryl methyl sites for hydroxylation is 1. The number of anilines is 1. The number of cyclic esters (lactones) is 1. The van der Waals surface area contributed by atoms with Crippen LogP contribution in [0.25, 0.3) is 10.9 Å². The topological polar surface area (TPSA) is 73.4 Å². The lowest BCUT2D eigenvalue weighted by atomic mass is 10.0. The maximum atomic E-state index is 12.5. The highest BCUT2D eigenvalue weighted by molar-refractivity contribution is 5.90. The number of aromatic nitrogens is 1. The quantitative estimate of drug-likeness (QED) is 0.502. The van der Waals surface area contributed by atoms with Crippen LogP contribution in [0.15, 0.2) is 48.7 Å². The maximum Gasteiger partial charge on any atom is 0.414 e. The fourth-order valence-electron chi connectivity index (χ4n) is 4.53. The van der Waals surface area contributed by atoms with Crippen molar-refractivity contribution in [2.45, 2.75) is 18.9 Å². The number of carbonyl (C=O) groups is 1. The van der Waals surface area contributed by atoms with Gasteiger partial charge in [-0.05, 0) is 56.3 Å². The van der Waals surface area contributed by atoms with Gasteiger partial charge in [-0.15, -0.1) is 0 Å². The maximum absolute atomic E-state index is 12.5. The van der Waals surface area contributed by atoms with E-state index in [9.17, 15) is 4.79 Å². The minimum absolute atomic E-state index is 0.184. The third kappa shape index (κ3) is 4.72. The fraction of sp³-hybridized carbons (Fsp3) is 0.385. The molecule has 2 aliphatic heterocycles. The summed E-state index contributed by atoms with van der Waals surface area (Å²) in [4.78, 5) is 20.9. The molecular formula is C26H29N3O5. The number of likely N-dealkylation sites (N-methyl/N-ethyl adjacent to an activating group) is 1. The Labute approximate surface area is 199 Å². The predicted octanol–water partition coefficient (Wildman–Crippen LogP) is 3.90. The van der Waals surface area contributed by atoms with Gasteiger partial charge in [0.25, 0.3) is 0 Å². The molecule has 0 spiro atoms. The molecule has 1 saturated heterocycles. The zero-order chi connectivity index (χ0) is 23.5. The zero-order valence-electron chi connectivity index (χ0n) is 19.5. The number of nitrogens with zero attached hydrogens (tertiary/aromatic N) is 3. The molecule has 0 N–H and O–H groups in total. The van der Waals surface area contributed by atoms with E-state index in [2.05, 4.69) is 23.0 Å². The normalized spacial score (nSPS) is 17.3. The van der Waals surface area contributed by atoms with Crippen LogP contribution < -0.4 is 19.1 Å². The number of pyridine rings is 1. The van der Waals surface area contributed by atoms with Crippen molar-refractivity contribution in [2.75, 3.05) is 51.9 Å². The van der Waals surface area contributed by atoms with E-state index in [-0.39, 0.29) is 12.2 Å². The Bertz CT molecular complexity index is 1180. The second kappa shape index (κ2) is 9.77.